The van der Waals surface area contributed by atoms with Crippen LogP contribution in [0.4, 0.5) is 0 Å². The Morgan fingerprint density at radius 3 is 1.04 bits per heavy atom. The first kappa shape index (κ1) is 35.5. The first-order valence-electron chi connectivity index (χ1n) is 14.5. The molecule has 0 aliphatic carbocycles. The summed E-state index contributed by atoms with van der Waals surface area (Å²) in [6.45, 7) is 0. The number of hydrogen-bond acceptors (Lipinski definition) is 10. The molecule has 7 heterocycles. The molecule has 0 saturated heterocycles. The number of nitrogens with zero attached hydrogens (tertiary/aromatic N) is 7. The summed E-state index contributed by atoms with van der Waals surface area (Å²) in [7, 11) is 0. The fourth-order valence-electron chi connectivity index (χ4n) is 4.28. The predicted molar refractivity (Wildman–Crippen MR) is 177 cm³/mol. The summed E-state index contributed by atoms with van der Waals surface area (Å²) in [4.78, 5) is 50.2. The van der Waals surface area contributed by atoms with E-state index in [0.29, 0.717) is 22.8 Å². The van der Waals surface area contributed by atoms with Gasteiger partial charge in [0.2, 0.25) is 0 Å². The summed E-state index contributed by atoms with van der Waals surface area (Å²) in [5.41, 5.74) is 6.08. The molecule has 49 heavy (non-hydrogen) atoms. The third-order valence-electron chi connectivity index (χ3n) is 6.59. The van der Waals surface area contributed by atoms with E-state index in [1.165, 1.54) is 34.4 Å². The molecule has 0 fully saturated rings. The van der Waals surface area contributed by atoms with Crippen molar-refractivity contribution >= 4 is 11.9 Å². The van der Waals surface area contributed by atoms with Crippen LogP contribution in [0.1, 0.15) is 21.0 Å². The van der Waals surface area contributed by atoms with Gasteiger partial charge < -0.3 is 15.0 Å². The zero-order valence-electron chi connectivity index (χ0n) is 25.6. The van der Waals surface area contributed by atoms with Gasteiger partial charge in [0, 0.05) is 69.1 Å². The maximum Gasteiger partial charge on any atom is 0.354 e. The molecule has 0 radical (unpaired) electrons. The molecule has 242 valence electrons. The second kappa shape index (κ2) is 18.1. The molecule has 0 aromatic carbocycles. The number of carboxylic acids is 2. The number of aromatic nitrogens is 7. The second-order valence-corrected chi connectivity index (χ2v) is 9.76. The Bertz CT molecular complexity index is 1870. The van der Waals surface area contributed by atoms with E-state index in [2.05, 4.69) is 34.9 Å². The second-order valence-electron chi connectivity index (χ2n) is 9.76. The maximum absolute atomic E-state index is 11.0. The minimum atomic E-state index is -1.37. The third kappa shape index (κ3) is 10.3. The molecule has 0 aliphatic heterocycles. The van der Waals surface area contributed by atoms with Crippen LogP contribution in [0.3, 0.4) is 0 Å². The van der Waals surface area contributed by atoms with Gasteiger partial charge in [0.25, 0.3) is 0 Å². The van der Waals surface area contributed by atoms with Crippen molar-refractivity contribution in [2.24, 2.45) is 0 Å². The Morgan fingerprint density at radius 1 is 0.429 bits per heavy atom. The van der Waals surface area contributed by atoms with Gasteiger partial charge in [-0.15, -0.1) is 0 Å². The fourth-order valence-corrected chi connectivity index (χ4v) is 4.28. The molecular formula is C37H26N7O4Ru-. The van der Waals surface area contributed by atoms with Crippen LogP contribution in [0.5, 0.6) is 0 Å². The van der Waals surface area contributed by atoms with Crippen LogP contribution in [0.25, 0.3) is 45.0 Å². The van der Waals surface area contributed by atoms with Gasteiger partial charge in [-0.25, -0.2) is 19.7 Å². The average Bonchev–Trinajstić information content (AvgIpc) is 3.17. The molecule has 7 aromatic heterocycles. The van der Waals surface area contributed by atoms with E-state index in [-0.39, 0.29) is 30.9 Å². The summed E-state index contributed by atoms with van der Waals surface area (Å²) < 4.78 is 0. The number of carboxylic acid groups (broad SMARTS) is 2. The van der Waals surface area contributed by atoms with Crippen LogP contribution in [0.15, 0.2) is 153 Å². The Hall–Kier alpha value is -6.39. The molecule has 0 saturated carbocycles. The zero-order chi connectivity index (χ0) is 33.6. The molecule has 0 unspecified atom stereocenters. The van der Waals surface area contributed by atoms with Crippen molar-refractivity contribution < 1.29 is 39.3 Å². The first-order chi connectivity index (χ1) is 23.5. The zero-order valence-corrected chi connectivity index (χ0v) is 27.3. The largest absolute Gasteiger partial charge is 0.543 e. The van der Waals surface area contributed by atoms with E-state index in [9.17, 15) is 14.7 Å². The molecule has 0 bridgehead atoms. The topological polar surface area (TPSA) is 168 Å². The van der Waals surface area contributed by atoms with Crippen LogP contribution in [-0.2, 0) is 19.5 Å². The van der Waals surface area contributed by atoms with Gasteiger partial charge >= 0.3 is 5.97 Å². The molecular weight excluding hydrogens is 708 g/mol. The monoisotopic (exact) mass is 734 g/mol. The van der Waals surface area contributed by atoms with Gasteiger partial charge in [-0.3, -0.25) is 19.9 Å². The van der Waals surface area contributed by atoms with Gasteiger partial charge in [-0.05, 0) is 107 Å². The van der Waals surface area contributed by atoms with Crippen molar-refractivity contribution in [2.75, 3.05) is 0 Å². The minimum Gasteiger partial charge on any atom is -0.543 e. The van der Waals surface area contributed by atoms with Gasteiger partial charge in [0.15, 0.2) is 0 Å². The maximum atomic E-state index is 11.0. The number of rotatable bonds is 6. The Labute approximate surface area is 294 Å². The number of carbonyl (C=O) groups is 2. The minimum absolute atomic E-state index is 0. The summed E-state index contributed by atoms with van der Waals surface area (Å²) in [6, 6.07) is 30.0. The first-order valence-corrected chi connectivity index (χ1v) is 14.5. The van der Waals surface area contributed by atoms with Crippen LogP contribution < -0.4 is 5.11 Å². The van der Waals surface area contributed by atoms with E-state index < -0.39 is 11.9 Å². The number of pyridine rings is 7. The van der Waals surface area contributed by atoms with E-state index in [1.807, 2.05) is 48.5 Å². The third-order valence-corrected chi connectivity index (χ3v) is 6.59. The molecule has 1 N–H and O–H groups in total. The predicted octanol–water partition coefficient (Wildman–Crippen LogP) is 5.55. The molecule has 11 nitrogen and oxygen atoms in total. The van der Waals surface area contributed by atoms with E-state index >= 15 is 0 Å². The average molecular weight is 734 g/mol. The summed E-state index contributed by atoms with van der Waals surface area (Å²) in [6.07, 6.45) is 14.3. The quantitative estimate of drug-likeness (QED) is 0.213. The smallest absolute Gasteiger partial charge is 0.354 e. The van der Waals surface area contributed by atoms with Crippen molar-refractivity contribution in [3.05, 3.63) is 164 Å². The number of aromatic carboxylic acids is 2. The fraction of sp³-hybridized carbons (Fsp3) is 0. The van der Waals surface area contributed by atoms with Gasteiger partial charge in [0.1, 0.15) is 5.69 Å². The van der Waals surface area contributed by atoms with Gasteiger partial charge in [-0.1, -0.05) is 18.2 Å². The van der Waals surface area contributed by atoms with Gasteiger partial charge in [0.05, 0.1) is 34.4 Å². The Morgan fingerprint density at radius 2 is 0.714 bits per heavy atom. The van der Waals surface area contributed by atoms with Crippen LogP contribution in [0, 0.1) is 0 Å². The SMILES string of the molecule is O=C([O-])c1cccc(-c2cccc(-c3cccc(C(=O)O)n3)n2)n1.[Ru].c1cc(-c2ccncc2)ccn1.c1cc(-c2ccncc2)ccn1. The molecule has 7 aromatic rings. The molecule has 7 rings (SSSR count). The van der Waals surface area contributed by atoms with Crippen molar-refractivity contribution in [1.82, 2.24) is 34.9 Å². The number of carbonyl (C=O) groups excluding carboxylic acids is 1. The molecule has 0 spiro atoms. The number of hydrogen-bond donors (Lipinski definition) is 1. The van der Waals surface area contributed by atoms with Crippen LogP contribution in [-0.4, -0.2) is 51.9 Å². The van der Waals surface area contributed by atoms with Gasteiger partial charge in [-0.2, -0.15) is 0 Å². The van der Waals surface area contributed by atoms with Crippen LogP contribution in [0.2, 0.25) is 0 Å². The summed E-state index contributed by atoms with van der Waals surface area (Å²) >= 11 is 0. The van der Waals surface area contributed by atoms with E-state index in [1.54, 1.807) is 92.0 Å². The van der Waals surface area contributed by atoms with Crippen molar-refractivity contribution in [2.45, 2.75) is 0 Å². The normalized spacial score (nSPS) is 9.80. The van der Waals surface area contributed by atoms with Crippen LogP contribution >= 0.6 is 0 Å². The Balaban J connectivity index is 0.000000181. The van der Waals surface area contributed by atoms with Crippen molar-refractivity contribution in [3.8, 4) is 45.0 Å². The summed E-state index contributed by atoms with van der Waals surface area (Å²) in [5.74, 6) is -2.50. The summed E-state index contributed by atoms with van der Waals surface area (Å²) in [5, 5.41) is 19.9. The molecule has 0 atom stereocenters. The Kier molecular flexibility index (Phi) is 13.1. The van der Waals surface area contributed by atoms with E-state index in [0.717, 1.165) is 0 Å². The molecule has 0 amide bonds. The van der Waals surface area contributed by atoms with E-state index in [4.69, 9.17) is 5.11 Å². The van der Waals surface area contributed by atoms with Crippen molar-refractivity contribution in [1.29, 1.82) is 0 Å². The van der Waals surface area contributed by atoms with Crippen molar-refractivity contribution in [3.63, 3.8) is 0 Å². The molecule has 12 heteroatoms. The molecule has 0 aliphatic rings. The standard InChI is InChI=1S/C17H11N3O4.2C10H8N2.Ru/c21-16(22)14-8-2-6-12(19-14)10-4-1-5-11(18-10)13-7-3-9-15(20-13)17(23)24;2*1-5-11-6-2-9(1)10-3-7-12-8-4-10;/h1-9H,(H,21,22)(H,23,24);2*1-8H;/p-1.